The van der Waals surface area contributed by atoms with Crippen LogP contribution < -0.4 is 11.1 Å². The molecule has 0 atom stereocenters. The number of nitrogens with one attached hydrogen (secondary N) is 1. The van der Waals surface area contributed by atoms with Gasteiger partial charge in [-0.05, 0) is 12.1 Å². The molecule has 82 valence electrons. The van der Waals surface area contributed by atoms with Crippen molar-refractivity contribution in [3.63, 3.8) is 0 Å². The van der Waals surface area contributed by atoms with E-state index in [0.717, 1.165) is 0 Å². The highest BCUT2D eigenvalue weighted by atomic mass is 16.6. The zero-order valence-corrected chi connectivity index (χ0v) is 7.95. The summed E-state index contributed by atoms with van der Waals surface area (Å²) in [6.07, 6.45) is 0. The minimum atomic E-state index is -0.478. The number of non-ortho nitro benzene ring substituents is 1. The van der Waals surface area contributed by atoms with Gasteiger partial charge in [0.25, 0.3) is 5.69 Å². The molecule has 0 aliphatic heterocycles. The maximum absolute atomic E-state index is 10.4. The first-order valence-corrected chi connectivity index (χ1v) is 4.25. The van der Waals surface area contributed by atoms with Crippen LogP contribution in [0.2, 0.25) is 0 Å². The second-order valence-corrected chi connectivity index (χ2v) is 2.87. The molecule has 0 radical (unpaired) electrons. The second kappa shape index (κ2) is 3.85. The molecule has 0 saturated heterocycles. The Labute approximate surface area is 89.2 Å². The van der Waals surface area contributed by atoms with E-state index in [1.54, 1.807) is 0 Å². The Hall–Kier alpha value is -2.64. The van der Waals surface area contributed by atoms with Crippen LogP contribution in [0.1, 0.15) is 0 Å². The van der Waals surface area contributed by atoms with E-state index in [-0.39, 0.29) is 17.7 Å². The number of benzene rings is 1. The Morgan fingerprint density at radius 2 is 2.00 bits per heavy atom. The van der Waals surface area contributed by atoms with E-state index in [9.17, 15) is 10.1 Å². The summed E-state index contributed by atoms with van der Waals surface area (Å²) in [4.78, 5) is 9.92. The summed E-state index contributed by atoms with van der Waals surface area (Å²) in [5, 5.41) is 20.2. The average Bonchev–Trinajstić information content (AvgIpc) is 2.65. The highest BCUT2D eigenvalue weighted by Crippen LogP contribution is 2.19. The van der Waals surface area contributed by atoms with Crippen molar-refractivity contribution < 1.29 is 9.34 Å². The number of nitrogen functional groups attached to an aromatic ring is 1. The van der Waals surface area contributed by atoms with E-state index in [0.29, 0.717) is 5.69 Å². The molecule has 0 saturated carbocycles. The van der Waals surface area contributed by atoms with Crippen LogP contribution in [0.3, 0.4) is 0 Å². The van der Waals surface area contributed by atoms with Crippen LogP contribution in [0.15, 0.2) is 28.7 Å². The number of anilines is 3. The van der Waals surface area contributed by atoms with Gasteiger partial charge in [-0.15, -0.1) is 0 Å². The van der Waals surface area contributed by atoms with Crippen molar-refractivity contribution >= 4 is 23.4 Å². The topological polar surface area (TPSA) is 120 Å². The number of hydrogen-bond acceptors (Lipinski definition) is 7. The summed E-state index contributed by atoms with van der Waals surface area (Å²) in [5.41, 5.74) is 5.83. The van der Waals surface area contributed by atoms with Gasteiger partial charge in [-0.3, -0.25) is 10.1 Å². The van der Waals surface area contributed by atoms with Crippen molar-refractivity contribution in [3.05, 3.63) is 34.4 Å². The third kappa shape index (κ3) is 2.05. The minimum Gasteiger partial charge on any atom is -0.389 e. The number of hydrogen-bond donors (Lipinski definition) is 2. The fourth-order valence-corrected chi connectivity index (χ4v) is 1.08. The molecule has 8 heteroatoms. The Morgan fingerprint density at radius 3 is 2.50 bits per heavy atom. The highest BCUT2D eigenvalue weighted by molar-refractivity contribution is 5.54. The van der Waals surface area contributed by atoms with Crippen LogP contribution in [0.4, 0.5) is 23.4 Å². The lowest BCUT2D eigenvalue weighted by molar-refractivity contribution is -0.384. The molecule has 0 amide bonds. The fraction of sp³-hybridized carbons (Fsp3) is 0. The third-order valence-corrected chi connectivity index (χ3v) is 1.77. The highest BCUT2D eigenvalue weighted by Gasteiger charge is 2.06. The molecule has 0 bridgehead atoms. The van der Waals surface area contributed by atoms with E-state index in [2.05, 4.69) is 15.5 Å². The van der Waals surface area contributed by atoms with Gasteiger partial charge in [-0.2, -0.15) is 0 Å². The number of nitro benzene ring substituents is 1. The summed E-state index contributed by atoms with van der Waals surface area (Å²) in [6.45, 7) is 0. The molecule has 8 nitrogen and oxygen atoms in total. The van der Waals surface area contributed by atoms with E-state index >= 15 is 0 Å². The van der Waals surface area contributed by atoms with Crippen LogP contribution >= 0.6 is 0 Å². The van der Waals surface area contributed by atoms with Crippen LogP contribution in [-0.4, -0.2) is 15.1 Å². The van der Waals surface area contributed by atoms with Crippen LogP contribution in [-0.2, 0) is 0 Å². The molecule has 3 N–H and O–H groups in total. The van der Waals surface area contributed by atoms with Crippen molar-refractivity contribution in [1.82, 2.24) is 10.2 Å². The minimum absolute atomic E-state index is 0.00981. The van der Waals surface area contributed by atoms with E-state index in [1.165, 1.54) is 24.3 Å². The summed E-state index contributed by atoms with van der Waals surface area (Å²) in [6, 6.07) is 5.86. The molecular formula is C8H7N5O3. The van der Waals surface area contributed by atoms with Gasteiger partial charge in [0.2, 0.25) is 0 Å². The number of nitrogens with zero attached hydrogens (tertiary/aromatic N) is 3. The lowest BCUT2D eigenvalue weighted by Crippen LogP contribution is -1.91. The molecule has 2 rings (SSSR count). The largest absolute Gasteiger partial charge is 0.389 e. The maximum atomic E-state index is 10.4. The van der Waals surface area contributed by atoms with Crippen molar-refractivity contribution in [2.75, 3.05) is 11.1 Å². The normalized spacial score (nSPS) is 10.0. The first-order valence-electron chi connectivity index (χ1n) is 4.25. The molecule has 1 aromatic heterocycles. The molecular weight excluding hydrogens is 214 g/mol. The molecule has 1 aromatic carbocycles. The van der Waals surface area contributed by atoms with Crippen molar-refractivity contribution in [2.24, 2.45) is 0 Å². The first-order chi connectivity index (χ1) is 7.65. The third-order valence-electron chi connectivity index (χ3n) is 1.77. The molecule has 0 aliphatic rings. The number of rotatable bonds is 3. The lowest BCUT2D eigenvalue weighted by Gasteiger charge is -1.99. The monoisotopic (exact) mass is 221 g/mol. The molecule has 1 heterocycles. The smallest absolute Gasteiger partial charge is 0.321 e. The van der Waals surface area contributed by atoms with Crippen molar-refractivity contribution in [3.8, 4) is 0 Å². The quantitative estimate of drug-likeness (QED) is 0.591. The summed E-state index contributed by atoms with van der Waals surface area (Å²) < 4.78 is 4.88. The van der Waals surface area contributed by atoms with Gasteiger partial charge in [-0.25, -0.2) is 0 Å². The molecule has 0 unspecified atom stereocenters. The molecule has 0 fully saturated rings. The fourth-order valence-electron chi connectivity index (χ4n) is 1.08. The Kier molecular flexibility index (Phi) is 2.38. The zero-order valence-electron chi connectivity index (χ0n) is 7.95. The molecule has 16 heavy (non-hydrogen) atoms. The number of aromatic nitrogens is 2. The first kappa shape index (κ1) is 9.90. The van der Waals surface area contributed by atoms with E-state index in [4.69, 9.17) is 10.2 Å². The van der Waals surface area contributed by atoms with Gasteiger partial charge in [0, 0.05) is 17.8 Å². The average molecular weight is 221 g/mol. The van der Waals surface area contributed by atoms with Gasteiger partial charge in [0.15, 0.2) is 0 Å². The lowest BCUT2D eigenvalue weighted by atomic mass is 10.3. The summed E-state index contributed by atoms with van der Waals surface area (Å²) >= 11 is 0. The van der Waals surface area contributed by atoms with Crippen LogP contribution in [0.25, 0.3) is 0 Å². The van der Waals surface area contributed by atoms with Crippen LogP contribution in [0, 0.1) is 10.1 Å². The van der Waals surface area contributed by atoms with Gasteiger partial charge in [0.05, 0.1) is 4.92 Å². The Morgan fingerprint density at radius 1 is 1.31 bits per heavy atom. The Bertz CT molecular complexity index is 507. The molecule has 2 aromatic rings. The van der Waals surface area contributed by atoms with E-state index in [1.807, 2.05) is 0 Å². The van der Waals surface area contributed by atoms with Crippen LogP contribution in [0.5, 0.6) is 0 Å². The Balaban J connectivity index is 2.14. The number of nitro groups is 1. The van der Waals surface area contributed by atoms with E-state index < -0.39 is 4.92 Å². The van der Waals surface area contributed by atoms with Gasteiger partial charge >= 0.3 is 12.0 Å². The SMILES string of the molecule is Nc1nnc(Nc2ccc([N+](=O)[O-])cc2)o1. The van der Waals surface area contributed by atoms with Gasteiger partial charge in [-0.1, -0.05) is 10.2 Å². The maximum Gasteiger partial charge on any atom is 0.321 e. The summed E-state index contributed by atoms with van der Waals surface area (Å²) in [5.74, 6) is 0. The predicted octanol–water partition coefficient (Wildman–Crippen LogP) is 1.30. The molecule has 0 spiro atoms. The van der Waals surface area contributed by atoms with Gasteiger partial charge in [0.1, 0.15) is 0 Å². The summed E-state index contributed by atoms with van der Waals surface area (Å²) in [7, 11) is 0. The predicted molar refractivity (Wildman–Crippen MR) is 55.1 cm³/mol. The second-order valence-electron chi connectivity index (χ2n) is 2.87. The standard InChI is InChI=1S/C8H7N5O3/c9-7-11-12-8(16-7)10-5-1-3-6(4-2-5)13(14)15/h1-4H,(H2,9,11)(H,10,12). The van der Waals surface area contributed by atoms with Crippen molar-refractivity contribution in [1.29, 1.82) is 0 Å². The number of nitrogens with two attached hydrogens (primary N) is 1. The molecule has 0 aliphatic carbocycles. The van der Waals surface area contributed by atoms with Gasteiger partial charge < -0.3 is 15.5 Å². The van der Waals surface area contributed by atoms with Crippen molar-refractivity contribution in [2.45, 2.75) is 0 Å². The zero-order chi connectivity index (χ0) is 11.5.